The number of aliphatic hydroxyl groups excluding tert-OH is 2. The molecule has 2 saturated heterocycles. The lowest BCUT2D eigenvalue weighted by atomic mass is 9.86. The zero-order chi connectivity index (χ0) is 61.6. The molecular formula is C58H74Cl2F4N8O10. The molecule has 0 bridgehead atoms. The first-order chi connectivity index (χ1) is 38.2. The molecule has 4 amide bonds. The molecule has 2 fully saturated rings. The Kier molecular flexibility index (Phi) is 25.0. The zero-order valence-electron chi connectivity index (χ0n) is 47.0. The van der Waals surface area contributed by atoms with Gasteiger partial charge in [0.2, 0.25) is 23.6 Å². The minimum absolute atomic E-state index is 0.0431. The van der Waals surface area contributed by atoms with Gasteiger partial charge < -0.3 is 52.3 Å². The van der Waals surface area contributed by atoms with Crippen LogP contribution in [0.4, 0.5) is 40.3 Å². The number of aliphatic hydroxyl groups is 2. The van der Waals surface area contributed by atoms with E-state index in [0.29, 0.717) is 58.8 Å². The van der Waals surface area contributed by atoms with Crippen LogP contribution in [0, 0.1) is 46.9 Å². The number of carboxylic acid groups (broad SMARTS) is 2. The maximum Gasteiger partial charge on any atom is 0.328 e. The average Bonchev–Trinajstić information content (AvgIpc) is 3.52. The topological polar surface area (TPSA) is 272 Å². The van der Waals surface area contributed by atoms with Crippen LogP contribution in [0.2, 0.25) is 10.0 Å². The molecule has 0 spiro atoms. The van der Waals surface area contributed by atoms with Crippen LogP contribution in [0.5, 0.6) is 0 Å². The van der Waals surface area contributed by atoms with Gasteiger partial charge in [-0.15, -0.1) is 0 Å². The summed E-state index contributed by atoms with van der Waals surface area (Å²) in [6, 6.07) is 18.7. The number of piperazine rings is 2. The SMILES string of the molecule is CC(C)[C@H](C[C@H](O)[C@@H](N)CN1CC(=O)N(c2ccccc2Cl)CC1(C)C)C(=O)Nc1ccc(F)cc1F.CC(C)[C@H](C[C@H](O)[C@@H](N)CN1CC(=O)N(c2ccccc2Cl)CC1(C)C)C(=O)Nc1ccc(F)cc1F.O=C(O)/C=C/C(=O)O. The second-order valence-corrected chi connectivity index (χ2v) is 22.9. The van der Waals surface area contributed by atoms with Gasteiger partial charge in [-0.25, -0.2) is 27.2 Å². The molecule has 2 aliphatic heterocycles. The van der Waals surface area contributed by atoms with Crippen molar-refractivity contribution in [2.45, 2.75) is 104 Å². The first-order valence-corrected chi connectivity index (χ1v) is 27.1. The quantitative estimate of drug-likeness (QED) is 0.0310. The molecule has 0 aromatic heterocycles. The van der Waals surface area contributed by atoms with Crippen molar-refractivity contribution in [3.63, 3.8) is 0 Å². The molecule has 2 heterocycles. The number of nitrogens with zero attached hydrogens (tertiary/aromatic N) is 4. The Balaban J connectivity index is 0.000000311. The lowest BCUT2D eigenvalue weighted by Crippen LogP contribution is -2.64. The Morgan fingerprint density at radius 1 is 0.598 bits per heavy atom. The number of carbonyl (C=O) groups is 6. The lowest BCUT2D eigenvalue weighted by molar-refractivity contribution is -0.134. The van der Waals surface area contributed by atoms with Gasteiger partial charge >= 0.3 is 11.9 Å². The van der Waals surface area contributed by atoms with Crippen molar-refractivity contribution in [2.75, 3.05) is 59.7 Å². The van der Waals surface area contributed by atoms with Crippen LogP contribution in [-0.4, -0.2) is 140 Å². The van der Waals surface area contributed by atoms with E-state index in [1.165, 1.54) is 0 Å². The van der Waals surface area contributed by atoms with Gasteiger partial charge in [0, 0.05) is 85.5 Å². The second-order valence-electron chi connectivity index (χ2n) is 22.1. The van der Waals surface area contributed by atoms with Crippen molar-refractivity contribution >= 4 is 81.5 Å². The minimum Gasteiger partial charge on any atom is -0.478 e. The Labute approximate surface area is 485 Å². The minimum atomic E-state index is -1.26. The molecule has 6 rings (SSSR count). The van der Waals surface area contributed by atoms with Crippen LogP contribution in [0.3, 0.4) is 0 Å². The van der Waals surface area contributed by atoms with Gasteiger partial charge in [0.05, 0.1) is 58.1 Å². The Morgan fingerprint density at radius 2 is 0.927 bits per heavy atom. The molecule has 0 aliphatic carbocycles. The molecular weight excluding hydrogens is 1120 g/mol. The van der Waals surface area contributed by atoms with Gasteiger partial charge in [0.25, 0.3) is 0 Å². The van der Waals surface area contributed by atoms with E-state index in [4.69, 9.17) is 44.9 Å². The van der Waals surface area contributed by atoms with E-state index in [1.807, 2.05) is 77.3 Å². The highest BCUT2D eigenvalue weighted by atomic mass is 35.5. The first-order valence-electron chi connectivity index (χ1n) is 26.4. The number of hydrogen-bond acceptors (Lipinski definition) is 12. The molecule has 448 valence electrons. The number of anilines is 4. The predicted molar refractivity (Wildman–Crippen MR) is 307 cm³/mol. The van der Waals surface area contributed by atoms with Gasteiger partial charge in [0.15, 0.2) is 0 Å². The van der Waals surface area contributed by atoms with Crippen LogP contribution < -0.4 is 31.9 Å². The fourth-order valence-corrected chi connectivity index (χ4v) is 9.72. The Hall–Kier alpha value is -6.50. The van der Waals surface area contributed by atoms with Crippen LogP contribution in [-0.2, 0) is 28.8 Å². The third-order valence-electron chi connectivity index (χ3n) is 14.2. The molecule has 10 N–H and O–H groups in total. The summed E-state index contributed by atoms with van der Waals surface area (Å²) in [7, 11) is 0. The van der Waals surface area contributed by atoms with Gasteiger partial charge in [-0.3, -0.25) is 29.0 Å². The van der Waals surface area contributed by atoms with E-state index in [0.717, 1.165) is 24.3 Å². The van der Waals surface area contributed by atoms with Gasteiger partial charge in [-0.1, -0.05) is 75.2 Å². The lowest BCUT2D eigenvalue weighted by Gasteiger charge is -2.47. The van der Waals surface area contributed by atoms with E-state index in [2.05, 4.69) is 10.6 Å². The van der Waals surface area contributed by atoms with Crippen LogP contribution in [0.25, 0.3) is 0 Å². The summed E-state index contributed by atoms with van der Waals surface area (Å²) >= 11 is 12.6. The highest BCUT2D eigenvalue weighted by molar-refractivity contribution is 6.34. The summed E-state index contributed by atoms with van der Waals surface area (Å²) < 4.78 is 54.4. The maximum absolute atomic E-state index is 14.0. The number of carbonyl (C=O) groups excluding carboxylic acids is 4. The largest absolute Gasteiger partial charge is 0.478 e. The van der Waals surface area contributed by atoms with Gasteiger partial charge in [-0.2, -0.15) is 0 Å². The van der Waals surface area contributed by atoms with Crippen molar-refractivity contribution in [1.29, 1.82) is 0 Å². The molecule has 2 aliphatic rings. The molecule has 18 nitrogen and oxygen atoms in total. The standard InChI is InChI=1S/2C27H35ClF2N4O3.C4H4O4/c2*1-16(2)18(26(37)32-22-10-9-17(29)11-20(22)30)12-24(35)21(31)13-33-14-25(36)34(15-27(33,3)4)23-8-6-5-7-19(23)28;5-3(6)1-2-4(7)8/h2*5-11,16,18,21,24,35H,12-15,31H2,1-4H3,(H,32,37);1-2H,(H,5,6)(H,7,8)/b;;2-1+/t2*18-,21-,24-;/m00./s1. The summed E-state index contributed by atoms with van der Waals surface area (Å²) in [4.78, 5) is 78.0. The van der Waals surface area contributed by atoms with Crippen molar-refractivity contribution < 1.29 is 66.8 Å². The molecule has 0 saturated carbocycles. The fraction of sp³-hybridized carbons (Fsp3) is 0.448. The number of nitrogens with two attached hydrogens (primary N) is 2. The first kappa shape index (κ1) is 68.0. The third-order valence-corrected chi connectivity index (χ3v) is 14.9. The van der Waals surface area contributed by atoms with E-state index < -0.39 is 94.2 Å². The summed E-state index contributed by atoms with van der Waals surface area (Å²) in [6.45, 7) is 16.7. The molecule has 4 aromatic carbocycles. The molecule has 6 atom stereocenters. The van der Waals surface area contributed by atoms with Gasteiger partial charge in [-0.05, 0) is 101 Å². The summed E-state index contributed by atoms with van der Waals surface area (Å²) in [5.41, 5.74) is 12.8. The third kappa shape index (κ3) is 19.6. The average molecular weight is 1190 g/mol. The number of hydrogen-bond donors (Lipinski definition) is 8. The smallest absolute Gasteiger partial charge is 0.328 e. The molecule has 0 unspecified atom stereocenters. The number of rotatable bonds is 20. The zero-order valence-corrected chi connectivity index (χ0v) is 48.5. The van der Waals surface area contributed by atoms with E-state index in [-0.39, 0.29) is 74.0 Å². The fourth-order valence-electron chi connectivity index (χ4n) is 9.24. The monoisotopic (exact) mass is 1190 g/mol. The van der Waals surface area contributed by atoms with Gasteiger partial charge in [0.1, 0.15) is 23.3 Å². The number of nitrogens with one attached hydrogen (secondary N) is 2. The molecule has 82 heavy (non-hydrogen) atoms. The van der Waals surface area contributed by atoms with Crippen LogP contribution >= 0.6 is 23.2 Å². The van der Waals surface area contributed by atoms with E-state index >= 15 is 0 Å². The Bertz CT molecular complexity index is 2730. The number of aliphatic carboxylic acids is 2. The summed E-state index contributed by atoms with van der Waals surface area (Å²) in [6.07, 6.45) is -0.902. The highest BCUT2D eigenvalue weighted by Gasteiger charge is 2.42. The van der Waals surface area contributed by atoms with Crippen molar-refractivity contribution in [1.82, 2.24) is 9.80 Å². The number of para-hydroxylation sites is 2. The molecule has 4 aromatic rings. The molecule has 24 heteroatoms. The summed E-state index contributed by atoms with van der Waals surface area (Å²) in [5, 5.41) is 43.4. The Morgan fingerprint density at radius 3 is 1.22 bits per heavy atom. The van der Waals surface area contributed by atoms with Crippen molar-refractivity contribution in [2.24, 2.45) is 35.1 Å². The van der Waals surface area contributed by atoms with Crippen LogP contribution in [0.1, 0.15) is 68.2 Å². The van der Waals surface area contributed by atoms with Crippen molar-refractivity contribution in [3.05, 3.63) is 130 Å². The maximum atomic E-state index is 14.0. The second kappa shape index (κ2) is 30.2. The normalized spacial score (nSPS) is 17.7. The molecule has 0 radical (unpaired) electrons. The van der Waals surface area contributed by atoms with E-state index in [1.54, 1.807) is 46.2 Å². The van der Waals surface area contributed by atoms with Crippen molar-refractivity contribution in [3.8, 4) is 0 Å². The summed E-state index contributed by atoms with van der Waals surface area (Å²) in [5.74, 6) is -8.69. The predicted octanol–water partition coefficient (Wildman–Crippen LogP) is 7.78. The van der Waals surface area contributed by atoms with Crippen LogP contribution in [0.15, 0.2) is 97.1 Å². The number of halogens is 6. The number of carboxylic acids is 2. The van der Waals surface area contributed by atoms with E-state index in [9.17, 15) is 56.5 Å². The number of benzene rings is 4. The highest BCUT2D eigenvalue weighted by Crippen LogP contribution is 2.34. The number of amides is 4.